The Labute approximate surface area is 145 Å². The second-order valence-electron chi connectivity index (χ2n) is 6.83. The van der Waals surface area contributed by atoms with Crippen LogP contribution in [0.2, 0.25) is 0 Å². The van der Waals surface area contributed by atoms with Gasteiger partial charge in [-0.3, -0.25) is 4.79 Å². The zero-order valence-corrected chi connectivity index (χ0v) is 15.9. The molecule has 0 atom stereocenters. The van der Waals surface area contributed by atoms with Crippen LogP contribution < -0.4 is 15.4 Å². The van der Waals surface area contributed by atoms with Gasteiger partial charge < -0.3 is 14.8 Å². The van der Waals surface area contributed by atoms with Gasteiger partial charge in [0.2, 0.25) is 0 Å². The van der Waals surface area contributed by atoms with Crippen LogP contribution in [0.3, 0.4) is 0 Å². The van der Waals surface area contributed by atoms with Crippen molar-refractivity contribution in [3.05, 3.63) is 56.5 Å². The molecule has 2 rings (SSSR count). The summed E-state index contributed by atoms with van der Waals surface area (Å²) in [6, 6.07) is 6.55. The van der Waals surface area contributed by atoms with Gasteiger partial charge in [-0.15, -0.1) is 0 Å². The number of rotatable bonds is 5. The molecule has 4 heteroatoms. The van der Waals surface area contributed by atoms with Gasteiger partial charge in [0.25, 0.3) is 5.56 Å². The lowest BCUT2D eigenvalue weighted by atomic mass is 10.0. The van der Waals surface area contributed by atoms with Crippen molar-refractivity contribution in [1.29, 1.82) is 0 Å². The fourth-order valence-corrected chi connectivity index (χ4v) is 3.43. The maximum absolute atomic E-state index is 12.5. The van der Waals surface area contributed by atoms with Crippen molar-refractivity contribution in [1.82, 2.24) is 4.98 Å². The molecule has 0 bridgehead atoms. The number of hydrogen-bond donors (Lipinski definition) is 1. The molecule has 0 aliphatic carbocycles. The molecule has 0 amide bonds. The third kappa shape index (κ3) is 3.64. The lowest BCUT2D eigenvalue weighted by Crippen LogP contribution is -2.28. The van der Waals surface area contributed by atoms with E-state index in [4.69, 9.17) is 0 Å². The zero-order chi connectivity index (χ0) is 18.0. The molecule has 0 fully saturated rings. The summed E-state index contributed by atoms with van der Waals surface area (Å²) < 4.78 is 0. The highest BCUT2D eigenvalue weighted by Crippen LogP contribution is 2.26. The molecule has 0 saturated heterocycles. The van der Waals surface area contributed by atoms with Gasteiger partial charge in [0.05, 0.1) is 0 Å². The van der Waals surface area contributed by atoms with Crippen molar-refractivity contribution >= 4 is 11.4 Å². The second-order valence-corrected chi connectivity index (χ2v) is 6.83. The number of benzene rings is 1. The molecule has 1 N–H and O–H groups in total. The van der Waals surface area contributed by atoms with Crippen LogP contribution in [-0.4, -0.2) is 26.1 Å². The van der Waals surface area contributed by atoms with E-state index in [9.17, 15) is 4.79 Å². The van der Waals surface area contributed by atoms with Crippen molar-refractivity contribution in [2.45, 2.75) is 40.7 Å². The quantitative estimate of drug-likeness (QED) is 0.912. The highest BCUT2D eigenvalue weighted by molar-refractivity contribution is 5.58. The van der Waals surface area contributed by atoms with Crippen molar-refractivity contribution in [2.75, 3.05) is 30.9 Å². The van der Waals surface area contributed by atoms with E-state index in [0.717, 1.165) is 23.4 Å². The number of hydrogen-bond acceptors (Lipinski definition) is 3. The maximum atomic E-state index is 12.5. The Morgan fingerprint density at radius 3 is 2.04 bits per heavy atom. The maximum Gasteiger partial charge on any atom is 0.272 e. The van der Waals surface area contributed by atoms with Crippen LogP contribution in [0.5, 0.6) is 0 Å². The molecular weight excluding hydrogens is 298 g/mol. The fraction of sp³-hybridized carbons (Fsp3) is 0.450. The second kappa shape index (κ2) is 7.12. The van der Waals surface area contributed by atoms with Crippen LogP contribution in [0.4, 0.5) is 11.4 Å². The third-order valence-corrected chi connectivity index (χ3v) is 4.46. The van der Waals surface area contributed by atoms with E-state index in [2.05, 4.69) is 55.9 Å². The molecule has 1 heterocycles. The number of nitrogens with one attached hydrogen (secondary N) is 1. The average molecular weight is 327 g/mol. The first-order valence-electron chi connectivity index (χ1n) is 8.46. The molecule has 1 aromatic carbocycles. The van der Waals surface area contributed by atoms with Gasteiger partial charge >= 0.3 is 0 Å². The first kappa shape index (κ1) is 18.1. The lowest BCUT2D eigenvalue weighted by Gasteiger charge is -2.26. The Balaban J connectivity index is 2.53. The highest BCUT2D eigenvalue weighted by Gasteiger charge is 2.18. The topological polar surface area (TPSA) is 39.3 Å². The number of anilines is 2. The van der Waals surface area contributed by atoms with E-state index in [-0.39, 0.29) is 5.56 Å². The highest BCUT2D eigenvalue weighted by atomic mass is 16.1. The standard InChI is InChI=1S/C20H29N3O/c1-8-17-15(4)21-20(24)19(22(5)6)18(17)12-23(7)16-10-13(2)9-14(3)11-16/h9-11H,8,12H2,1-7H3,(H,21,24). The first-order valence-corrected chi connectivity index (χ1v) is 8.46. The van der Waals surface area contributed by atoms with Crippen molar-refractivity contribution in [2.24, 2.45) is 0 Å². The van der Waals surface area contributed by atoms with Crippen LogP contribution >= 0.6 is 0 Å². The Hall–Kier alpha value is -2.23. The van der Waals surface area contributed by atoms with Gasteiger partial charge in [0, 0.05) is 44.6 Å². The van der Waals surface area contributed by atoms with Gasteiger partial charge in [0.1, 0.15) is 5.69 Å². The number of H-pyrrole nitrogens is 1. The van der Waals surface area contributed by atoms with Crippen molar-refractivity contribution < 1.29 is 0 Å². The summed E-state index contributed by atoms with van der Waals surface area (Å²) in [6.07, 6.45) is 0.902. The molecule has 2 aromatic rings. The van der Waals surface area contributed by atoms with Crippen molar-refractivity contribution in [3.8, 4) is 0 Å². The molecular formula is C20H29N3O. The third-order valence-electron chi connectivity index (χ3n) is 4.46. The molecule has 0 spiro atoms. The number of aromatic nitrogens is 1. The van der Waals surface area contributed by atoms with E-state index in [1.165, 1.54) is 22.4 Å². The predicted octanol–water partition coefficient (Wildman–Crippen LogP) is 3.56. The van der Waals surface area contributed by atoms with E-state index >= 15 is 0 Å². The first-order chi connectivity index (χ1) is 11.2. The Morgan fingerprint density at radius 2 is 1.54 bits per heavy atom. The van der Waals surface area contributed by atoms with E-state index < -0.39 is 0 Å². The molecule has 4 nitrogen and oxygen atoms in total. The molecule has 0 aliphatic heterocycles. The normalized spacial score (nSPS) is 10.8. The van der Waals surface area contributed by atoms with Crippen LogP contribution in [0.1, 0.15) is 34.9 Å². The molecule has 1 aromatic heterocycles. The summed E-state index contributed by atoms with van der Waals surface area (Å²) in [5, 5.41) is 0. The van der Waals surface area contributed by atoms with Gasteiger partial charge in [-0.05, 0) is 56.0 Å². The van der Waals surface area contributed by atoms with E-state index in [1.54, 1.807) is 0 Å². The monoisotopic (exact) mass is 327 g/mol. The Morgan fingerprint density at radius 1 is 0.958 bits per heavy atom. The summed E-state index contributed by atoms with van der Waals surface area (Å²) in [5.74, 6) is 0. The molecule has 0 saturated carbocycles. The van der Waals surface area contributed by atoms with Crippen LogP contribution in [-0.2, 0) is 13.0 Å². The minimum Gasteiger partial charge on any atom is -0.373 e. The zero-order valence-electron chi connectivity index (χ0n) is 15.9. The molecule has 0 radical (unpaired) electrons. The fourth-order valence-electron chi connectivity index (χ4n) is 3.43. The summed E-state index contributed by atoms with van der Waals surface area (Å²) >= 11 is 0. The van der Waals surface area contributed by atoms with Crippen LogP contribution in [0.25, 0.3) is 0 Å². The van der Waals surface area contributed by atoms with Crippen LogP contribution in [0.15, 0.2) is 23.0 Å². The minimum atomic E-state index is -0.0153. The average Bonchev–Trinajstić information content (AvgIpc) is 2.45. The number of nitrogens with zero attached hydrogens (tertiary/aromatic N) is 2. The number of pyridine rings is 1. The summed E-state index contributed by atoms with van der Waals surface area (Å²) in [7, 11) is 5.95. The smallest absolute Gasteiger partial charge is 0.272 e. The lowest BCUT2D eigenvalue weighted by molar-refractivity contribution is 0.866. The van der Waals surface area contributed by atoms with Gasteiger partial charge in [0.15, 0.2) is 0 Å². The summed E-state index contributed by atoms with van der Waals surface area (Å²) in [4.78, 5) is 19.6. The SMILES string of the molecule is CCc1c(C)[nH]c(=O)c(N(C)C)c1CN(C)c1cc(C)cc(C)c1. The van der Waals surface area contributed by atoms with Crippen molar-refractivity contribution in [3.63, 3.8) is 0 Å². The molecule has 130 valence electrons. The van der Waals surface area contributed by atoms with Crippen LogP contribution in [0, 0.1) is 20.8 Å². The Bertz CT molecular complexity index is 770. The number of aryl methyl sites for hydroxylation is 3. The van der Waals surface area contributed by atoms with Gasteiger partial charge in [-0.2, -0.15) is 0 Å². The van der Waals surface area contributed by atoms with Gasteiger partial charge in [-0.25, -0.2) is 0 Å². The minimum absolute atomic E-state index is 0.0153. The van der Waals surface area contributed by atoms with Gasteiger partial charge in [-0.1, -0.05) is 13.0 Å². The number of aromatic amines is 1. The Kier molecular flexibility index (Phi) is 5.37. The largest absolute Gasteiger partial charge is 0.373 e. The predicted molar refractivity (Wildman–Crippen MR) is 104 cm³/mol. The summed E-state index contributed by atoms with van der Waals surface area (Å²) in [6.45, 7) is 9.07. The molecule has 0 unspecified atom stereocenters. The molecule has 0 aliphatic rings. The molecule has 24 heavy (non-hydrogen) atoms. The van der Waals surface area contributed by atoms with E-state index in [1.807, 2.05) is 25.9 Å². The van der Waals surface area contributed by atoms with E-state index in [0.29, 0.717) is 6.54 Å². The summed E-state index contributed by atoms with van der Waals surface area (Å²) in [5.41, 5.74) is 7.74.